The zero-order chi connectivity index (χ0) is 17.3. The van der Waals surface area contributed by atoms with Gasteiger partial charge in [0.15, 0.2) is 5.60 Å². The van der Waals surface area contributed by atoms with E-state index in [0.717, 1.165) is 16.7 Å². The van der Waals surface area contributed by atoms with Crippen LogP contribution >= 0.6 is 0 Å². The Labute approximate surface area is 148 Å². The second kappa shape index (κ2) is 6.21. The lowest BCUT2D eigenvalue weighted by Crippen LogP contribution is -2.34. The number of ether oxygens (including phenoxy) is 1. The van der Waals surface area contributed by atoms with Crippen LogP contribution in [0.5, 0.6) is 0 Å². The Morgan fingerprint density at radius 3 is 1.64 bits per heavy atom. The van der Waals surface area contributed by atoms with Crippen LogP contribution in [-0.4, -0.2) is 5.97 Å². The van der Waals surface area contributed by atoms with Crippen molar-refractivity contribution in [2.24, 2.45) is 5.92 Å². The predicted molar refractivity (Wildman–Crippen MR) is 98.1 cm³/mol. The average Bonchev–Trinajstić information content (AvgIpc) is 2.96. The van der Waals surface area contributed by atoms with Crippen LogP contribution in [0.2, 0.25) is 0 Å². The topological polar surface area (TPSA) is 26.3 Å². The molecule has 2 atom stereocenters. The van der Waals surface area contributed by atoms with E-state index in [-0.39, 0.29) is 17.8 Å². The van der Waals surface area contributed by atoms with Crippen molar-refractivity contribution in [3.05, 3.63) is 108 Å². The van der Waals surface area contributed by atoms with Crippen LogP contribution in [0.3, 0.4) is 0 Å². The third kappa shape index (κ3) is 2.45. The SMILES string of the molecule is CC1C(=O)OC(c2ccccc2)(c2ccccc2)C1c1ccccc1. The van der Waals surface area contributed by atoms with E-state index in [1.54, 1.807) is 0 Å². The van der Waals surface area contributed by atoms with Crippen molar-refractivity contribution >= 4 is 5.97 Å². The number of carbonyl (C=O) groups excluding carboxylic acids is 1. The summed E-state index contributed by atoms with van der Waals surface area (Å²) < 4.78 is 6.16. The Kier molecular flexibility index (Phi) is 3.89. The van der Waals surface area contributed by atoms with E-state index >= 15 is 0 Å². The molecule has 3 aromatic rings. The molecule has 0 amide bonds. The summed E-state index contributed by atoms with van der Waals surface area (Å²) in [5, 5.41) is 0. The smallest absolute Gasteiger partial charge is 0.310 e. The maximum Gasteiger partial charge on any atom is 0.310 e. The fraction of sp³-hybridized carbons (Fsp3) is 0.174. The number of hydrogen-bond donors (Lipinski definition) is 0. The Morgan fingerprint density at radius 1 is 0.720 bits per heavy atom. The van der Waals surface area contributed by atoms with Crippen LogP contribution in [-0.2, 0) is 15.1 Å². The summed E-state index contributed by atoms with van der Waals surface area (Å²) in [6.07, 6.45) is 0. The maximum atomic E-state index is 12.7. The molecule has 0 saturated carbocycles. The molecule has 1 aliphatic rings. The zero-order valence-electron chi connectivity index (χ0n) is 14.1. The molecular formula is C23H20O2. The molecule has 124 valence electrons. The van der Waals surface area contributed by atoms with Crippen molar-refractivity contribution in [2.45, 2.75) is 18.4 Å². The van der Waals surface area contributed by atoms with Gasteiger partial charge in [0, 0.05) is 17.0 Å². The molecule has 25 heavy (non-hydrogen) atoms. The lowest BCUT2D eigenvalue weighted by molar-refractivity contribution is -0.148. The van der Waals surface area contributed by atoms with Crippen molar-refractivity contribution in [2.75, 3.05) is 0 Å². The molecule has 2 heteroatoms. The molecule has 0 spiro atoms. The molecule has 4 rings (SSSR count). The number of carbonyl (C=O) groups is 1. The minimum Gasteiger partial charge on any atom is -0.448 e. The van der Waals surface area contributed by atoms with Gasteiger partial charge in [-0.3, -0.25) is 4.79 Å². The molecule has 0 radical (unpaired) electrons. The molecule has 2 unspecified atom stereocenters. The fourth-order valence-corrected chi connectivity index (χ4v) is 4.00. The number of hydrogen-bond acceptors (Lipinski definition) is 2. The third-order valence-electron chi connectivity index (χ3n) is 5.14. The fourth-order valence-electron chi connectivity index (χ4n) is 4.00. The second-order valence-corrected chi connectivity index (χ2v) is 6.57. The van der Waals surface area contributed by atoms with Gasteiger partial charge >= 0.3 is 5.97 Å². The summed E-state index contributed by atoms with van der Waals surface area (Å²) in [4.78, 5) is 12.7. The van der Waals surface area contributed by atoms with Crippen LogP contribution in [0, 0.1) is 5.92 Å². The summed E-state index contributed by atoms with van der Waals surface area (Å²) >= 11 is 0. The highest BCUT2D eigenvalue weighted by atomic mass is 16.6. The highest BCUT2D eigenvalue weighted by Crippen LogP contribution is 2.54. The first kappa shape index (κ1) is 15.6. The number of rotatable bonds is 3. The highest BCUT2D eigenvalue weighted by molar-refractivity contribution is 5.79. The van der Waals surface area contributed by atoms with Gasteiger partial charge in [-0.1, -0.05) is 97.9 Å². The van der Waals surface area contributed by atoms with Gasteiger partial charge < -0.3 is 4.74 Å². The van der Waals surface area contributed by atoms with Crippen molar-refractivity contribution in [1.29, 1.82) is 0 Å². The van der Waals surface area contributed by atoms with Gasteiger partial charge in [-0.25, -0.2) is 0 Å². The normalized spacial score (nSPS) is 21.7. The van der Waals surface area contributed by atoms with E-state index in [0.29, 0.717) is 0 Å². The van der Waals surface area contributed by atoms with E-state index < -0.39 is 5.60 Å². The third-order valence-corrected chi connectivity index (χ3v) is 5.14. The molecule has 2 nitrogen and oxygen atoms in total. The first-order chi connectivity index (χ1) is 12.2. The van der Waals surface area contributed by atoms with Crippen molar-refractivity contribution in [3.8, 4) is 0 Å². The Morgan fingerprint density at radius 2 is 1.16 bits per heavy atom. The Balaban J connectivity index is 2.01. The van der Waals surface area contributed by atoms with E-state index in [1.165, 1.54) is 0 Å². The molecule has 3 aromatic carbocycles. The first-order valence-electron chi connectivity index (χ1n) is 8.62. The molecule has 0 bridgehead atoms. The minimum atomic E-state index is -0.805. The van der Waals surface area contributed by atoms with Gasteiger partial charge in [-0.2, -0.15) is 0 Å². The van der Waals surface area contributed by atoms with Gasteiger partial charge in [0.25, 0.3) is 0 Å². The van der Waals surface area contributed by atoms with Crippen LogP contribution in [0.1, 0.15) is 29.5 Å². The van der Waals surface area contributed by atoms with E-state index in [2.05, 4.69) is 12.1 Å². The summed E-state index contributed by atoms with van der Waals surface area (Å²) in [7, 11) is 0. The number of cyclic esters (lactones) is 1. The summed E-state index contributed by atoms with van der Waals surface area (Å²) in [5.41, 5.74) is 2.33. The lowest BCUT2D eigenvalue weighted by atomic mass is 9.70. The Hall–Kier alpha value is -2.87. The maximum absolute atomic E-state index is 12.7. The quantitative estimate of drug-likeness (QED) is 0.639. The van der Waals surface area contributed by atoms with E-state index in [9.17, 15) is 4.79 Å². The average molecular weight is 328 g/mol. The van der Waals surface area contributed by atoms with Gasteiger partial charge in [0.1, 0.15) is 0 Å². The predicted octanol–water partition coefficient (Wildman–Crippen LogP) is 4.91. The molecule has 1 saturated heterocycles. The first-order valence-corrected chi connectivity index (χ1v) is 8.62. The zero-order valence-corrected chi connectivity index (χ0v) is 14.1. The monoisotopic (exact) mass is 328 g/mol. The molecule has 0 aliphatic carbocycles. The second-order valence-electron chi connectivity index (χ2n) is 6.57. The summed E-state index contributed by atoms with van der Waals surface area (Å²) in [6.45, 7) is 1.97. The van der Waals surface area contributed by atoms with Gasteiger partial charge in [-0.05, 0) is 5.56 Å². The van der Waals surface area contributed by atoms with Crippen molar-refractivity contribution in [1.82, 2.24) is 0 Å². The van der Waals surface area contributed by atoms with Gasteiger partial charge in [0.2, 0.25) is 0 Å². The van der Waals surface area contributed by atoms with Crippen molar-refractivity contribution in [3.63, 3.8) is 0 Å². The Bertz CT molecular complexity index is 817. The van der Waals surface area contributed by atoms with E-state index in [1.807, 2.05) is 85.8 Å². The van der Waals surface area contributed by atoms with Crippen molar-refractivity contribution < 1.29 is 9.53 Å². The standard InChI is InChI=1S/C23H20O2/c1-17-21(18-11-5-2-6-12-18)23(25-22(17)24,19-13-7-3-8-14-19)20-15-9-4-10-16-20/h2-17,21H,1H3. The summed E-state index contributed by atoms with van der Waals surface area (Å²) in [5.74, 6) is -0.449. The van der Waals surface area contributed by atoms with Crippen LogP contribution in [0.15, 0.2) is 91.0 Å². The number of benzene rings is 3. The van der Waals surface area contributed by atoms with Crippen LogP contribution in [0.25, 0.3) is 0 Å². The summed E-state index contributed by atoms with van der Waals surface area (Å²) in [6, 6.07) is 30.4. The van der Waals surface area contributed by atoms with Gasteiger partial charge in [0.05, 0.1) is 5.92 Å². The molecular weight excluding hydrogens is 308 g/mol. The lowest BCUT2D eigenvalue weighted by Gasteiger charge is -2.35. The molecule has 1 heterocycles. The molecule has 0 N–H and O–H groups in total. The van der Waals surface area contributed by atoms with Gasteiger partial charge in [-0.15, -0.1) is 0 Å². The number of esters is 1. The van der Waals surface area contributed by atoms with Crippen LogP contribution in [0.4, 0.5) is 0 Å². The molecule has 0 aromatic heterocycles. The highest BCUT2D eigenvalue weighted by Gasteiger charge is 2.56. The molecule has 1 fully saturated rings. The van der Waals surface area contributed by atoms with E-state index in [4.69, 9.17) is 4.74 Å². The largest absolute Gasteiger partial charge is 0.448 e. The molecule has 1 aliphatic heterocycles. The van der Waals surface area contributed by atoms with Crippen LogP contribution < -0.4 is 0 Å². The minimum absolute atomic E-state index is 0.0778.